The van der Waals surface area contributed by atoms with E-state index in [2.05, 4.69) is 55.6 Å². The molecular weight excluding hydrogens is 931 g/mol. The topological polar surface area (TPSA) is 228 Å². The summed E-state index contributed by atoms with van der Waals surface area (Å²) in [4.78, 5) is 13.2. The predicted octanol–water partition coefficient (Wildman–Crippen LogP) is 9.39. The van der Waals surface area contributed by atoms with Gasteiger partial charge < -0.3 is 65.1 Å². The Bertz CT molecular complexity index is 1450. The molecule has 2 saturated heterocycles. The Hall–Kier alpha value is -2.31. The molecule has 0 aromatic rings. The Balaban J connectivity index is 1.76. The molecule has 2 aliphatic rings. The molecular formula is C59H105NO13. The largest absolute Gasteiger partial charge is 0.394 e. The number of nitrogens with one attached hydrogen (secondary N) is 1. The second-order valence-electron chi connectivity index (χ2n) is 20.4. The number of amides is 1. The van der Waals surface area contributed by atoms with Crippen LogP contribution in [0.3, 0.4) is 0 Å². The maximum atomic E-state index is 13.2. The van der Waals surface area contributed by atoms with E-state index >= 15 is 0 Å². The predicted molar refractivity (Wildman–Crippen MR) is 290 cm³/mol. The summed E-state index contributed by atoms with van der Waals surface area (Å²) < 4.78 is 22.7. The Labute approximate surface area is 441 Å². The normalized spacial score (nSPS) is 25.8. The lowest BCUT2D eigenvalue weighted by Crippen LogP contribution is -2.65. The Morgan fingerprint density at radius 2 is 0.945 bits per heavy atom. The standard InChI is InChI=1S/C59H105NO13/c1-3-5-7-9-11-13-15-17-18-19-20-21-22-23-24-25-26-27-28-29-31-32-34-36-38-40-42-48(63)47(60-51(64)43-41-39-37-35-33-30-16-14-12-10-8-6-4-2)46-70-58-56(69)54(67)57(50(45-62)72-58)73-59-55(68)53(66)52(65)49(44-61)71-59/h6,8,12,14,30,33,37,39-40,42,47-50,52-59,61-63,65-69H,3-5,7,9-11,13,15-29,31-32,34-36,38,41,43-46H2,1-2H3,(H,60,64)/b8-6-,14-12-,33-30-,39-37-,42-40+. The number of ether oxygens (including phenoxy) is 4. The van der Waals surface area contributed by atoms with Gasteiger partial charge in [-0.25, -0.2) is 0 Å². The van der Waals surface area contributed by atoms with E-state index in [9.17, 15) is 45.6 Å². The highest BCUT2D eigenvalue weighted by molar-refractivity contribution is 5.76. The molecule has 0 aliphatic carbocycles. The van der Waals surface area contributed by atoms with Crippen LogP contribution in [0.4, 0.5) is 0 Å². The lowest BCUT2D eigenvalue weighted by Gasteiger charge is -2.46. The first-order valence-corrected chi connectivity index (χ1v) is 29.0. The maximum absolute atomic E-state index is 13.2. The fourth-order valence-corrected chi connectivity index (χ4v) is 9.30. The van der Waals surface area contributed by atoms with Gasteiger partial charge in [-0.15, -0.1) is 0 Å². The van der Waals surface area contributed by atoms with Gasteiger partial charge in [0.2, 0.25) is 5.91 Å². The van der Waals surface area contributed by atoms with Gasteiger partial charge in [0.1, 0.15) is 48.8 Å². The third-order valence-electron chi connectivity index (χ3n) is 14.0. The molecule has 1 amide bonds. The molecule has 0 aromatic carbocycles. The molecule has 2 heterocycles. The third-order valence-corrected chi connectivity index (χ3v) is 14.0. The fourth-order valence-electron chi connectivity index (χ4n) is 9.30. The second-order valence-corrected chi connectivity index (χ2v) is 20.4. The minimum absolute atomic E-state index is 0.158. The van der Waals surface area contributed by atoms with Gasteiger partial charge in [0.15, 0.2) is 12.6 Å². The van der Waals surface area contributed by atoms with E-state index in [1.165, 1.54) is 141 Å². The first-order chi connectivity index (χ1) is 35.6. The van der Waals surface area contributed by atoms with Crippen LogP contribution >= 0.6 is 0 Å². The summed E-state index contributed by atoms with van der Waals surface area (Å²) in [6, 6.07) is -0.955. The van der Waals surface area contributed by atoms with Crippen LogP contribution in [0.1, 0.15) is 213 Å². The third kappa shape index (κ3) is 30.9. The van der Waals surface area contributed by atoms with Gasteiger partial charge in [0, 0.05) is 6.42 Å². The van der Waals surface area contributed by atoms with Gasteiger partial charge >= 0.3 is 0 Å². The van der Waals surface area contributed by atoms with Crippen molar-refractivity contribution in [2.75, 3.05) is 19.8 Å². The molecule has 14 nitrogen and oxygen atoms in total. The lowest BCUT2D eigenvalue weighted by molar-refractivity contribution is -0.359. The summed E-state index contributed by atoms with van der Waals surface area (Å²) in [5, 5.41) is 86.9. The molecule has 73 heavy (non-hydrogen) atoms. The molecule has 0 saturated carbocycles. The van der Waals surface area contributed by atoms with Gasteiger partial charge in [-0.3, -0.25) is 4.79 Å². The molecule has 12 unspecified atom stereocenters. The summed E-state index contributed by atoms with van der Waals surface area (Å²) in [7, 11) is 0. The van der Waals surface area contributed by atoms with Crippen LogP contribution in [0.5, 0.6) is 0 Å². The molecule has 0 spiro atoms. The van der Waals surface area contributed by atoms with Crippen LogP contribution in [0, 0.1) is 0 Å². The van der Waals surface area contributed by atoms with E-state index in [1.807, 2.05) is 18.2 Å². The number of carbonyl (C=O) groups is 1. The van der Waals surface area contributed by atoms with E-state index in [0.29, 0.717) is 6.42 Å². The number of aliphatic hydroxyl groups excluding tert-OH is 8. The van der Waals surface area contributed by atoms with Crippen LogP contribution in [0.2, 0.25) is 0 Å². The molecule has 9 N–H and O–H groups in total. The Morgan fingerprint density at radius 1 is 0.507 bits per heavy atom. The van der Waals surface area contributed by atoms with Crippen molar-refractivity contribution in [2.24, 2.45) is 0 Å². The van der Waals surface area contributed by atoms with Crippen molar-refractivity contribution in [1.82, 2.24) is 5.32 Å². The zero-order chi connectivity index (χ0) is 53.2. The lowest BCUT2D eigenvalue weighted by atomic mass is 9.97. The minimum atomic E-state index is -1.80. The summed E-state index contributed by atoms with van der Waals surface area (Å²) in [6.45, 7) is 2.63. The van der Waals surface area contributed by atoms with Gasteiger partial charge in [0.25, 0.3) is 0 Å². The Morgan fingerprint density at radius 3 is 1.42 bits per heavy atom. The molecule has 2 rings (SSSR count). The number of rotatable bonds is 45. The minimum Gasteiger partial charge on any atom is -0.394 e. The van der Waals surface area contributed by atoms with Crippen LogP contribution in [0.15, 0.2) is 60.8 Å². The summed E-state index contributed by atoms with van der Waals surface area (Å²) in [6.07, 6.45) is 40.1. The van der Waals surface area contributed by atoms with Crippen molar-refractivity contribution in [3.8, 4) is 0 Å². The average molecular weight is 1040 g/mol. The number of hydrogen-bond acceptors (Lipinski definition) is 13. The van der Waals surface area contributed by atoms with E-state index in [4.69, 9.17) is 18.9 Å². The van der Waals surface area contributed by atoms with Crippen molar-refractivity contribution in [1.29, 1.82) is 0 Å². The van der Waals surface area contributed by atoms with Crippen molar-refractivity contribution in [3.63, 3.8) is 0 Å². The van der Waals surface area contributed by atoms with Crippen LogP contribution in [-0.4, -0.2) is 140 Å². The zero-order valence-electron chi connectivity index (χ0n) is 45.4. The molecule has 0 radical (unpaired) electrons. The van der Waals surface area contributed by atoms with Crippen molar-refractivity contribution >= 4 is 5.91 Å². The summed E-state index contributed by atoms with van der Waals surface area (Å²) in [5.74, 6) is -0.320. The van der Waals surface area contributed by atoms with Crippen LogP contribution < -0.4 is 5.32 Å². The number of allylic oxidation sites excluding steroid dienone is 9. The molecule has 2 aliphatic heterocycles. The SMILES string of the molecule is CC/C=C\C/C=C\C/C=C\C/C=C\CCC(=O)NC(COC1OC(CO)C(OC2OC(CO)C(O)C(O)C2O)C(O)C1O)C(O)/C=C/CCCCCCCCCCCCCCCCCCCCCCCCCC. The summed E-state index contributed by atoms with van der Waals surface area (Å²) >= 11 is 0. The van der Waals surface area contributed by atoms with Crippen LogP contribution in [0.25, 0.3) is 0 Å². The quantitative estimate of drug-likeness (QED) is 0.0205. The molecule has 14 heteroatoms. The average Bonchev–Trinajstić information content (AvgIpc) is 3.39. The molecule has 0 bridgehead atoms. The fraction of sp³-hybridized carbons (Fsp3) is 0.814. The Kier molecular flexibility index (Phi) is 41.0. The number of unbranched alkanes of at least 4 members (excludes halogenated alkanes) is 24. The van der Waals surface area contributed by atoms with Crippen LogP contribution in [-0.2, 0) is 23.7 Å². The van der Waals surface area contributed by atoms with E-state index in [0.717, 1.165) is 44.9 Å². The smallest absolute Gasteiger partial charge is 0.220 e. The van der Waals surface area contributed by atoms with Gasteiger partial charge in [-0.05, 0) is 44.9 Å². The number of hydrogen-bond donors (Lipinski definition) is 9. The molecule has 424 valence electrons. The zero-order valence-corrected chi connectivity index (χ0v) is 45.4. The van der Waals surface area contributed by atoms with Gasteiger partial charge in [-0.1, -0.05) is 222 Å². The number of aliphatic hydroxyl groups is 8. The van der Waals surface area contributed by atoms with E-state index in [-0.39, 0.29) is 18.9 Å². The first kappa shape index (κ1) is 66.8. The second kappa shape index (κ2) is 44.8. The monoisotopic (exact) mass is 1040 g/mol. The van der Waals surface area contributed by atoms with E-state index in [1.54, 1.807) is 6.08 Å². The van der Waals surface area contributed by atoms with Crippen molar-refractivity contribution in [3.05, 3.63) is 60.8 Å². The molecule has 0 aromatic heterocycles. The highest BCUT2D eigenvalue weighted by Gasteiger charge is 2.51. The highest BCUT2D eigenvalue weighted by atomic mass is 16.7. The molecule has 12 atom stereocenters. The molecule has 2 fully saturated rings. The highest BCUT2D eigenvalue weighted by Crippen LogP contribution is 2.30. The van der Waals surface area contributed by atoms with Crippen molar-refractivity contribution < 1.29 is 64.6 Å². The van der Waals surface area contributed by atoms with E-state index < -0.39 is 86.8 Å². The number of carbonyl (C=O) groups excluding carboxylic acids is 1. The van der Waals surface area contributed by atoms with Gasteiger partial charge in [0.05, 0.1) is 32.0 Å². The first-order valence-electron chi connectivity index (χ1n) is 29.0. The maximum Gasteiger partial charge on any atom is 0.220 e. The van der Waals surface area contributed by atoms with Gasteiger partial charge in [-0.2, -0.15) is 0 Å². The summed E-state index contributed by atoms with van der Waals surface area (Å²) in [5.41, 5.74) is 0. The van der Waals surface area contributed by atoms with Crippen molar-refractivity contribution in [2.45, 2.75) is 286 Å².